The van der Waals surface area contributed by atoms with Crippen molar-refractivity contribution in [2.24, 2.45) is 0 Å². The van der Waals surface area contributed by atoms with Crippen LogP contribution in [-0.2, 0) is 22.4 Å². The van der Waals surface area contributed by atoms with Crippen molar-refractivity contribution in [1.82, 2.24) is 0 Å². The zero-order chi connectivity index (χ0) is 13.1. The van der Waals surface area contributed by atoms with Gasteiger partial charge in [0, 0.05) is 5.56 Å². The number of hydrogen-bond donors (Lipinski definition) is 1. The Kier molecular flexibility index (Phi) is 3.97. The molecule has 0 spiro atoms. The molecule has 1 aliphatic carbocycles. The largest absolute Gasteiger partial charge is 0.464 e. The second-order valence-corrected chi connectivity index (χ2v) is 4.50. The van der Waals surface area contributed by atoms with Gasteiger partial charge >= 0.3 is 5.97 Å². The molecule has 98 valence electrons. The average Bonchev–Trinajstić information content (AvgIpc) is 2.37. The number of rotatable bonds is 3. The summed E-state index contributed by atoms with van der Waals surface area (Å²) in [6.45, 7) is 1.82. The Morgan fingerprint density at radius 3 is 2.61 bits per heavy atom. The Morgan fingerprint density at radius 1 is 1.39 bits per heavy atom. The summed E-state index contributed by atoms with van der Waals surface area (Å²) in [6.07, 6.45) is 2.33. The molecule has 1 aromatic rings. The molecule has 0 amide bonds. The van der Waals surface area contributed by atoms with Crippen molar-refractivity contribution in [3.05, 3.63) is 34.6 Å². The van der Waals surface area contributed by atoms with Crippen molar-refractivity contribution < 1.29 is 19.0 Å². The highest BCUT2D eigenvalue weighted by Crippen LogP contribution is 2.27. The number of benzene rings is 1. The summed E-state index contributed by atoms with van der Waals surface area (Å²) in [5.41, 5.74) is 2.04. The lowest BCUT2D eigenvalue weighted by atomic mass is 9.89. The van der Waals surface area contributed by atoms with Crippen LogP contribution in [0.3, 0.4) is 0 Å². The Labute approximate surface area is 106 Å². The van der Waals surface area contributed by atoms with E-state index in [1.807, 2.05) is 0 Å². The van der Waals surface area contributed by atoms with Crippen LogP contribution in [0.15, 0.2) is 12.1 Å². The molecule has 18 heavy (non-hydrogen) atoms. The van der Waals surface area contributed by atoms with E-state index in [1.165, 1.54) is 6.07 Å². The molecule has 1 atom stereocenters. The molecular weight excluding hydrogens is 235 g/mol. The van der Waals surface area contributed by atoms with Crippen LogP contribution in [-0.4, -0.2) is 17.7 Å². The van der Waals surface area contributed by atoms with Crippen LogP contribution in [0.2, 0.25) is 0 Å². The standard InChI is InChI=1S/C14H17FO3/c1-2-18-14(17)13(16)11-7-9-5-3-4-6-10(9)8-12(11)15/h7-8,13,16H,2-6H2,1H3. The third kappa shape index (κ3) is 2.53. The van der Waals surface area contributed by atoms with E-state index in [0.717, 1.165) is 36.8 Å². The number of carbonyl (C=O) groups excluding carboxylic acids is 1. The van der Waals surface area contributed by atoms with E-state index in [1.54, 1.807) is 13.0 Å². The molecule has 0 saturated carbocycles. The highest BCUT2D eigenvalue weighted by atomic mass is 19.1. The number of esters is 1. The normalized spacial score (nSPS) is 15.9. The minimum atomic E-state index is -1.53. The van der Waals surface area contributed by atoms with E-state index >= 15 is 0 Å². The molecule has 1 N–H and O–H groups in total. The Morgan fingerprint density at radius 2 is 2.00 bits per heavy atom. The maximum atomic E-state index is 13.9. The lowest BCUT2D eigenvalue weighted by molar-refractivity contribution is -0.153. The molecule has 1 aromatic carbocycles. The first-order valence-electron chi connectivity index (χ1n) is 6.29. The lowest BCUT2D eigenvalue weighted by Gasteiger charge is -2.19. The zero-order valence-corrected chi connectivity index (χ0v) is 10.4. The van der Waals surface area contributed by atoms with Gasteiger partial charge in [0.1, 0.15) is 5.82 Å². The van der Waals surface area contributed by atoms with E-state index in [9.17, 15) is 14.3 Å². The molecule has 2 rings (SSSR count). The van der Waals surface area contributed by atoms with Crippen LogP contribution in [0.4, 0.5) is 4.39 Å². The third-order valence-corrected chi connectivity index (χ3v) is 3.27. The Hall–Kier alpha value is -1.42. The van der Waals surface area contributed by atoms with Crippen molar-refractivity contribution in [2.75, 3.05) is 6.61 Å². The molecule has 1 unspecified atom stereocenters. The van der Waals surface area contributed by atoms with Gasteiger partial charge < -0.3 is 9.84 Å². The summed E-state index contributed by atoms with van der Waals surface area (Å²) in [4.78, 5) is 11.4. The van der Waals surface area contributed by atoms with Crippen LogP contribution in [0.5, 0.6) is 0 Å². The highest BCUT2D eigenvalue weighted by Gasteiger charge is 2.24. The SMILES string of the molecule is CCOC(=O)C(O)c1cc2c(cc1F)CCCC2. The maximum absolute atomic E-state index is 13.9. The van der Waals surface area contributed by atoms with Gasteiger partial charge in [0.15, 0.2) is 6.10 Å². The minimum absolute atomic E-state index is 0.0223. The van der Waals surface area contributed by atoms with E-state index in [-0.39, 0.29) is 12.2 Å². The number of carbonyl (C=O) groups is 1. The molecule has 3 nitrogen and oxygen atoms in total. The van der Waals surface area contributed by atoms with Crippen LogP contribution in [0, 0.1) is 5.82 Å². The van der Waals surface area contributed by atoms with Crippen molar-refractivity contribution in [1.29, 1.82) is 0 Å². The summed E-state index contributed by atoms with van der Waals surface area (Å²) < 4.78 is 18.6. The van der Waals surface area contributed by atoms with Gasteiger partial charge in [0.05, 0.1) is 6.61 Å². The monoisotopic (exact) mass is 252 g/mol. The molecule has 0 aliphatic heterocycles. The maximum Gasteiger partial charge on any atom is 0.339 e. The quantitative estimate of drug-likeness (QED) is 0.840. The third-order valence-electron chi connectivity index (χ3n) is 3.27. The van der Waals surface area contributed by atoms with E-state index in [4.69, 9.17) is 4.74 Å². The number of halogens is 1. The lowest BCUT2D eigenvalue weighted by Crippen LogP contribution is -2.18. The molecule has 1 aliphatic rings. The molecule has 0 aromatic heterocycles. The number of ether oxygens (including phenoxy) is 1. The van der Waals surface area contributed by atoms with E-state index in [2.05, 4.69) is 0 Å². The topological polar surface area (TPSA) is 46.5 Å². The highest BCUT2D eigenvalue weighted by molar-refractivity contribution is 5.76. The van der Waals surface area contributed by atoms with Gasteiger partial charge in [0.25, 0.3) is 0 Å². The fourth-order valence-corrected chi connectivity index (χ4v) is 2.33. The smallest absolute Gasteiger partial charge is 0.339 e. The number of aryl methyl sites for hydroxylation is 2. The van der Waals surface area contributed by atoms with Gasteiger partial charge in [-0.05, 0) is 55.9 Å². The predicted molar refractivity (Wildman–Crippen MR) is 64.6 cm³/mol. The van der Waals surface area contributed by atoms with Crippen molar-refractivity contribution in [2.45, 2.75) is 38.7 Å². The first-order chi connectivity index (χ1) is 8.63. The summed E-state index contributed by atoms with van der Waals surface area (Å²) >= 11 is 0. The second-order valence-electron chi connectivity index (χ2n) is 4.50. The molecule has 4 heteroatoms. The fourth-order valence-electron chi connectivity index (χ4n) is 2.33. The van der Waals surface area contributed by atoms with Crippen LogP contribution >= 0.6 is 0 Å². The van der Waals surface area contributed by atoms with Gasteiger partial charge in [-0.1, -0.05) is 0 Å². The van der Waals surface area contributed by atoms with Crippen LogP contribution < -0.4 is 0 Å². The number of aliphatic hydroxyl groups is 1. The van der Waals surface area contributed by atoms with Gasteiger partial charge in [0.2, 0.25) is 0 Å². The summed E-state index contributed by atoms with van der Waals surface area (Å²) in [5, 5.41) is 9.79. The first-order valence-corrected chi connectivity index (χ1v) is 6.29. The predicted octanol–water partition coefficient (Wildman–Crippen LogP) is 2.30. The molecule has 0 fully saturated rings. The van der Waals surface area contributed by atoms with E-state index < -0.39 is 17.9 Å². The number of hydrogen-bond acceptors (Lipinski definition) is 3. The summed E-state index contributed by atoms with van der Waals surface area (Å²) in [6, 6.07) is 3.04. The molecule has 0 heterocycles. The first kappa shape index (κ1) is 13.0. The number of fused-ring (bicyclic) bond motifs is 1. The van der Waals surface area contributed by atoms with Crippen molar-refractivity contribution in [3.63, 3.8) is 0 Å². The fraction of sp³-hybridized carbons (Fsp3) is 0.500. The zero-order valence-electron chi connectivity index (χ0n) is 10.4. The van der Waals surface area contributed by atoms with Gasteiger partial charge in [-0.3, -0.25) is 0 Å². The van der Waals surface area contributed by atoms with Crippen LogP contribution in [0.1, 0.15) is 42.6 Å². The minimum Gasteiger partial charge on any atom is -0.464 e. The Bertz CT molecular complexity index is 457. The van der Waals surface area contributed by atoms with E-state index in [0.29, 0.717) is 0 Å². The molecule has 0 radical (unpaired) electrons. The van der Waals surface area contributed by atoms with Crippen molar-refractivity contribution >= 4 is 5.97 Å². The Balaban J connectivity index is 2.30. The molecule has 0 bridgehead atoms. The van der Waals surface area contributed by atoms with Gasteiger partial charge in [-0.15, -0.1) is 0 Å². The molecular formula is C14H17FO3. The second kappa shape index (κ2) is 5.48. The number of aliphatic hydroxyl groups excluding tert-OH is 1. The van der Waals surface area contributed by atoms with Crippen LogP contribution in [0.25, 0.3) is 0 Å². The van der Waals surface area contributed by atoms with Crippen molar-refractivity contribution in [3.8, 4) is 0 Å². The molecule has 0 saturated heterocycles. The van der Waals surface area contributed by atoms with Gasteiger partial charge in [-0.2, -0.15) is 0 Å². The average molecular weight is 252 g/mol. The van der Waals surface area contributed by atoms with Gasteiger partial charge in [-0.25, -0.2) is 9.18 Å². The summed E-state index contributed by atoms with van der Waals surface area (Å²) in [5.74, 6) is -1.33. The summed E-state index contributed by atoms with van der Waals surface area (Å²) in [7, 11) is 0.